The Bertz CT molecular complexity index is 476. The summed E-state index contributed by atoms with van der Waals surface area (Å²) in [6.07, 6.45) is 2.66. The van der Waals surface area contributed by atoms with Gasteiger partial charge in [-0.05, 0) is 0 Å². The van der Waals surface area contributed by atoms with E-state index in [4.69, 9.17) is 10.8 Å². The number of aromatic nitrogens is 3. The van der Waals surface area contributed by atoms with Gasteiger partial charge in [-0.25, -0.2) is 14.8 Å². The van der Waals surface area contributed by atoms with Gasteiger partial charge in [0.25, 0.3) is 0 Å². The Kier molecular flexibility index (Phi) is 1.42. The number of carbonyl (C=O) groups is 1. The van der Waals surface area contributed by atoms with Crippen molar-refractivity contribution in [3.63, 3.8) is 0 Å². The molecule has 6 heteroatoms. The second-order valence-corrected chi connectivity index (χ2v) is 2.49. The fourth-order valence-corrected chi connectivity index (χ4v) is 1.14. The lowest BCUT2D eigenvalue weighted by molar-refractivity contribution is 0.0700. The molecule has 2 heterocycles. The fraction of sp³-hybridized carbons (Fsp3) is 0. The SMILES string of the molecule is Nc1cnc2nc[nH]c2c1C(=O)O. The largest absolute Gasteiger partial charge is 0.478 e. The van der Waals surface area contributed by atoms with E-state index in [-0.39, 0.29) is 11.3 Å². The average Bonchev–Trinajstić information content (AvgIpc) is 2.50. The number of nitrogens with zero attached hydrogens (tertiary/aromatic N) is 2. The Labute approximate surface area is 72.4 Å². The summed E-state index contributed by atoms with van der Waals surface area (Å²) in [7, 11) is 0. The van der Waals surface area contributed by atoms with Crippen LogP contribution in [0.4, 0.5) is 5.69 Å². The summed E-state index contributed by atoms with van der Waals surface area (Å²) >= 11 is 0. The van der Waals surface area contributed by atoms with Crippen molar-refractivity contribution in [3.8, 4) is 0 Å². The van der Waals surface area contributed by atoms with Gasteiger partial charge in [-0.1, -0.05) is 0 Å². The maximum Gasteiger partial charge on any atom is 0.340 e. The summed E-state index contributed by atoms with van der Waals surface area (Å²) in [4.78, 5) is 21.1. The molecule has 66 valence electrons. The van der Waals surface area contributed by atoms with Gasteiger partial charge in [-0.3, -0.25) is 0 Å². The molecule has 13 heavy (non-hydrogen) atoms. The molecule has 0 bridgehead atoms. The zero-order valence-corrected chi connectivity index (χ0v) is 6.48. The van der Waals surface area contributed by atoms with Crippen LogP contribution in [0.1, 0.15) is 10.4 Å². The molecular formula is C7H6N4O2. The number of carboxylic acid groups (broad SMARTS) is 1. The van der Waals surface area contributed by atoms with Crippen LogP contribution in [0, 0.1) is 0 Å². The van der Waals surface area contributed by atoms with Crippen molar-refractivity contribution in [2.24, 2.45) is 0 Å². The smallest absolute Gasteiger partial charge is 0.340 e. The lowest BCUT2D eigenvalue weighted by atomic mass is 10.2. The molecule has 0 spiro atoms. The van der Waals surface area contributed by atoms with Crippen LogP contribution in [0.3, 0.4) is 0 Å². The number of imidazole rings is 1. The maximum absolute atomic E-state index is 10.8. The minimum atomic E-state index is -1.09. The van der Waals surface area contributed by atoms with Crippen LogP contribution in [0.25, 0.3) is 11.2 Å². The monoisotopic (exact) mass is 178 g/mol. The fourth-order valence-electron chi connectivity index (χ4n) is 1.14. The number of H-pyrrole nitrogens is 1. The van der Waals surface area contributed by atoms with E-state index in [1.807, 2.05) is 0 Å². The first-order chi connectivity index (χ1) is 6.20. The summed E-state index contributed by atoms with van der Waals surface area (Å²) < 4.78 is 0. The van der Waals surface area contributed by atoms with Gasteiger partial charge in [-0.2, -0.15) is 0 Å². The third-order valence-electron chi connectivity index (χ3n) is 1.70. The van der Waals surface area contributed by atoms with E-state index >= 15 is 0 Å². The molecule has 0 saturated heterocycles. The summed E-state index contributed by atoms with van der Waals surface area (Å²) in [6, 6.07) is 0. The van der Waals surface area contributed by atoms with E-state index < -0.39 is 5.97 Å². The van der Waals surface area contributed by atoms with Gasteiger partial charge in [0.05, 0.1) is 18.2 Å². The molecule has 0 unspecified atom stereocenters. The molecule has 0 aromatic carbocycles. The standard InChI is InChI=1S/C7H6N4O2/c8-3-1-9-6-5(10-2-11-6)4(3)7(12)13/h1-2H,8H2,(H,12,13)(H,9,10,11). The van der Waals surface area contributed by atoms with Crippen molar-refractivity contribution >= 4 is 22.8 Å². The van der Waals surface area contributed by atoms with Gasteiger partial charge in [0.15, 0.2) is 5.65 Å². The normalized spacial score (nSPS) is 10.5. The van der Waals surface area contributed by atoms with E-state index in [9.17, 15) is 4.79 Å². The molecule has 0 saturated carbocycles. The molecule has 6 nitrogen and oxygen atoms in total. The second kappa shape index (κ2) is 2.44. The number of hydrogen-bond donors (Lipinski definition) is 3. The Morgan fingerprint density at radius 3 is 3.00 bits per heavy atom. The van der Waals surface area contributed by atoms with Gasteiger partial charge >= 0.3 is 5.97 Å². The zero-order chi connectivity index (χ0) is 9.42. The number of rotatable bonds is 1. The number of aromatic carboxylic acids is 1. The second-order valence-electron chi connectivity index (χ2n) is 2.49. The topological polar surface area (TPSA) is 105 Å². The maximum atomic E-state index is 10.8. The lowest BCUT2D eigenvalue weighted by Crippen LogP contribution is -2.04. The summed E-state index contributed by atoms with van der Waals surface area (Å²) in [5, 5.41) is 8.83. The highest BCUT2D eigenvalue weighted by atomic mass is 16.4. The van der Waals surface area contributed by atoms with Crippen LogP contribution in [0.15, 0.2) is 12.5 Å². The lowest BCUT2D eigenvalue weighted by Gasteiger charge is -1.99. The highest BCUT2D eigenvalue weighted by Gasteiger charge is 2.14. The number of nitrogens with one attached hydrogen (secondary N) is 1. The van der Waals surface area contributed by atoms with Crippen molar-refractivity contribution in [3.05, 3.63) is 18.1 Å². The van der Waals surface area contributed by atoms with Crippen molar-refractivity contribution < 1.29 is 9.90 Å². The molecule has 0 aliphatic carbocycles. The number of pyridine rings is 1. The number of carboxylic acids is 1. The predicted molar refractivity (Wildman–Crippen MR) is 45.3 cm³/mol. The van der Waals surface area contributed by atoms with Crippen LogP contribution in [0.2, 0.25) is 0 Å². The van der Waals surface area contributed by atoms with Crippen LogP contribution >= 0.6 is 0 Å². The number of aromatic amines is 1. The first-order valence-corrected chi connectivity index (χ1v) is 3.51. The third-order valence-corrected chi connectivity index (χ3v) is 1.70. The van der Waals surface area contributed by atoms with Crippen molar-refractivity contribution in [1.29, 1.82) is 0 Å². The number of fused-ring (bicyclic) bond motifs is 1. The Morgan fingerprint density at radius 1 is 1.54 bits per heavy atom. The van der Waals surface area contributed by atoms with Gasteiger partial charge in [0, 0.05) is 0 Å². The van der Waals surface area contributed by atoms with Crippen molar-refractivity contribution in [2.75, 3.05) is 5.73 Å². The van der Waals surface area contributed by atoms with E-state index in [1.54, 1.807) is 0 Å². The molecule has 0 atom stereocenters. The van der Waals surface area contributed by atoms with Gasteiger partial charge in [0.1, 0.15) is 11.1 Å². The number of nitrogens with two attached hydrogens (primary N) is 1. The summed E-state index contributed by atoms with van der Waals surface area (Å²) in [6.45, 7) is 0. The van der Waals surface area contributed by atoms with Crippen LogP contribution in [-0.4, -0.2) is 26.0 Å². The molecule has 0 fully saturated rings. The van der Waals surface area contributed by atoms with E-state index in [1.165, 1.54) is 12.5 Å². The average molecular weight is 178 g/mol. The minimum absolute atomic E-state index is 0.0162. The molecule has 2 rings (SSSR count). The minimum Gasteiger partial charge on any atom is -0.478 e. The predicted octanol–water partition coefficient (Wildman–Crippen LogP) is 0.238. The summed E-state index contributed by atoms with van der Waals surface area (Å²) in [5.74, 6) is -1.09. The molecule has 0 amide bonds. The quantitative estimate of drug-likeness (QED) is 0.580. The Morgan fingerprint density at radius 2 is 2.31 bits per heavy atom. The number of hydrogen-bond acceptors (Lipinski definition) is 4. The molecule has 0 aliphatic rings. The van der Waals surface area contributed by atoms with Crippen molar-refractivity contribution in [1.82, 2.24) is 15.0 Å². The Hall–Kier alpha value is -2.11. The molecule has 4 N–H and O–H groups in total. The highest BCUT2D eigenvalue weighted by molar-refractivity contribution is 6.04. The first kappa shape index (κ1) is 7.53. The molecule has 0 radical (unpaired) electrons. The van der Waals surface area contributed by atoms with Crippen LogP contribution in [0.5, 0.6) is 0 Å². The van der Waals surface area contributed by atoms with Crippen molar-refractivity contribution in [2.45, 2.75) is 0 Å². The van der Waals surface area contributed by atoms with E-state index in [2.05, 4.69) is 15.0 Å². The number of nitrogen functional groups attached to an aromatic ring is 1. The van der Waals surface area contributed by atoms with Gasteiger partial charge in [-0.15, -0.1) is 0 Å². The highest BCUT2D eigenvalue weighted by Crippen LogP contribution is 2.18. The van der Waals surface area contributed by atoms with E-state index in [0.29, 0.717) is 11.2 Å². The third kappa shape index (κ3) is 0.994. The van der Waals surface area contributed by atoms with Crippen LogP contribution < -0.4 is 5.73 Å². The van der Waals surface area contributed by atoms with Gasteiger partial charge < -0.3 is 15.8 Å². The number of anilines is 1. The van der Waals surface area contributed by atoms with Crippen LogP contribution in [-0.2, 0) is 0 Å². The van der Waals surface area contributed by atoms with Gasteiger partial charge in [0.2, 0.25) is 0 Å². The summed E-state index contributed by atoms with van der Waals surface area (Å²) in [5.41, 5.74) is 6.31. The first-order valence-electron chi connectivity index (χ1n) is 3.51. The molecule has 0 aliphatic heterocycles. The Balaban J connectivity index is 2.88. The molecule has 2 aromatic rings. The zero-order valence-electron chi connectivity index (χ0n) is 6.48. The van der Waals surface area contributed by atoms with E-state index in [0.717, 1.165) is 0 Å². The molecular weight excluding hydrogens is 172 g/mol. The molecule has 2 aromatic heterocycles.